The van der Waals surface area contributed by atoms with Gasteiger partial charge in [0.15, 0.2) is 6.10 Å². The Morgan fingerprint density at radius 1 is 1.04 bits per heavy atom. The molecule has 2 heterocycles. The molecule has 2 aromatic rings. The molecule has 0 unspecified atom stereocenters. The number of rotatable bonds is 3. The summed E-state index contributed by atoms with van der Waals surface area (Å²) in [5.41, 5.74) is 2.82. The van der Waals surface area contributed by atoms with Gasteiger partial charge in [-0.1, -0.05) is 35.9 Å². The molecule has 0 N–H and O–H groups in total. The number of benzene rings is 2. The number of carbonyl (C=O) groups excluding carboxylic acids is 1. The molecule has 1 atom stereocenters. The van der Waals surface area contributed by atoms with Crippen LogP contribution >= 0.6 is 0 Å². The van der Waals surface area contributed by atoms with Crippen LogP contribution in [0.25, 0.3) is 0 Å². The summed E-state index contributed by atoms with van der Waals surface area (Å²) in [5, 5.41) is 0. The molecule has 0 spiro atoms. The highest BCUT2D eigenvalue weighted by Crippen LogP contribution is 2.29. The fraction of sp³-hybridized carbons (Fsp3) is 0.381. The van der Waals surface area contributed by atoms with Gasteiger partial charge < -0.3 is 9.64 Å². The highest BCUT2D eigenvalue weighted by Gasteiger charge is 2.36. The van der Waals surface area contributed by atoms with Crippen LogP contribution in [0.3, 0.4) is 0 Å². The Hall–Kier alpha value is -2.38. The van der Waals surface area contributed by atoms with Gasteiger partial charge in [-0.2, -0.15) is 4.31 Å². The monoisotopic (exact) mass is 400 g/mol. The maximum atomic E-state index is 13.0. The Balaban J connectivity index is 1.41. The number of hydrogen-bond acceptors (Lipinski definition) is 4. The SMILES string of the molecule is Cc1ccc(S(=O)(=O)N2CCN(C(=O)[C@H]3Cc4ccccc4O3)CC2)c(C)c1. The van der Waals surface area contributed by atoms with E-state index in [9.17, 15) is 13.2 Å². The summed E-state index contributed by atoms with van der Waals surface area (Å²) in [7, 11) is -3.56. The molecule has 2 aliphatic rings. The molecule has 7 heteroatoms. The van der Waals surface area contributed by atoms with Gasteiger partial charge in [-0.05, 0) is 37.1 Å². The second kappa shape index (κ2) is 7.22. The van der Waals surface area contributed by atoms with Gasteiger partial charge in [0, 0.05) is 32.6 Å². The average Bonchev–Trinajstić information content (AvgIpc) is 3.11. The molecule has 4 rings (SSSR count). The fourth-order valence-corrected chi connectivity index (χ4v) is 5.53. The first-order valence-corrected chi connectivity index (χ1v) is 10.9. The zero-order chi connectivity index (χ0) is 19.9. The van der Waals surface area contributed by atoms with Gasteiger partial charge in [-0.3, -0.25) is 4.79 Å². The average molecular weight is 401 g/mol. The summed E-state index contributed by atoms with van der Waals surface area (Å²) in [6.45, 7) is 5.09. The number of carbonyl (C=O) groups is 1. The van der Waals surface area contributed by atoms with E-state index in [2.05, 4.69) is 0 Å². The third-order valence-corrected chi connectivity index (χ3v) is 7.48. The minimum absolute atomic E-state index is 0.0697. The van der Waals surface area contributed by atoms with Crippen molar-refractivity contribution in [2.24, 2.45) is 0 Å². The second-order valence-electron chi connectivity index (χ2n) is 7.42. The Morgan fingerprint density at radius 2 is 1.75 bits per heavy atom. The third-order valence-electron chi connectivity index (χ3n) is 5.42. The van der Waals surface area contributed by atoms with Crippen LogP contribution in [0.2, 0.25) is 0 Å². The second-order valence-corrected chi connectivity index (χ2v) is 9.32. The van der Waals surface area contributed by atoms with E-state index in [-0.39, 0.29) is 5.91 Å². The van der Waals surface area contributed by atoms with E-state index in [1.807, 2.05) is 50.2 Å². The molecule has 0 saturated carbocycles. The topological polar surface area (TPSA) is 66.9 Å². The summed E-state index contributed by atoms with van der Waals surface area (Å²) in [5.74, 6) is 0.691. The number of aryl methyl sites for hydroxylation is 2. The Bertz CT molecular complexity index is 986. The molecule has 0 bridgehead atoms. The van der Waals surface area contributed by atoms with Crippen LogP contribution < -0.4 is 4.74 Å². The third kappa shape index (κ3) is 3.40. The van der Waals surface area contributed by atoms with Gasteiger partial charge in [-0.25, -0.2) is 8.42 Å². The van der Waals surface area contributed by atoms with Crippen molar-refractivity contribution in [3.8, 4) is 5.75 Å². The van der Waals surface area contributed by atoms with Gasteiger partial charge in [-0.15, -0.1) is 0 Å². The fourth-order valence-electron chi connectivity index (χ4n) is 3.90. The Labute approximate surface area is 165 Å². The van der Waals surface area contributed by atoms with Crippen LogP contribution in [0.5, 0.6) is 5.75 Å². The van der Waals surface area contributed by atoms with E-state index in [0.717, 1.165) is 22.4 Å². The van der Waals surface area contributed by atoms with Crippen molar-refractivity contribution in [3.63, 3.8) is 0 Å². The maximum Gasteiger partial charge on any atom is 0.264 e. The first-order chi connectivity index (χ1) is 13.4. The highest BCUT2D eigenvalue weighted by molar-refractivity contribution is 7.89. The minimum atomic E-state index is -3.56. The van der Waals surface area contributed by atoms with Gasteiger partial charge in [0.05, 0.1) is 4.90 Å². The zero-order valence-electron chi connectivity index (χ0n) is 16.1. The molecule has 1 saturated heterocycles. The van der Waals surface area contributed by atoms with E-state index in [4.69, 9.17) is 4.74 Å². The number of nitrogens with zero attached hydrogens (tertiary/aromatic N) is 2. The number of para-hydroxylation sites is 1. The molecular weight excluding hydrogens is 376 g/mol. The minimum Gasteiger partial charge on any atom is -0.480 e. The van der Waals surface area contributed by atoms with Gasteiger partial charge in [0.2, 0.25) is 10.0 Å². The van der Waals surface area contributed by atoms with Crippen molar-refractivity contribution in [1.82, 2.24) is 9.21 Å². The molecule has 2 aromatic carbocycles. The number of amides is 1. The lowest BCUT2D eigenvalue weighted by atomic mass is 10.1. The van der Waals surface area contributed by atoms with E-state index in [1.165, 1.54) is 4.31 Å². The number of hydrogen-bond donors (Lipinski definition) is 0. The first-order valence-electron chi connectivity index (χ1n) is 9.47. The summed E-state index contributed by atoms with van der Waals surface area (Å²) < 4.78 is 33.3. The summed E-state index contributed by atoms with van der Waals surface area (Å²) in [6, 6.07) is 13.0. The highest BCUT2D eigenvalue weighted by atomic mass is 32.2. The van der Waals surface area contributed by atoms with Crippen molar-refractivity contribution in [2.45, 2.75) is 31.3 Å². The number of piperazine rings is 1. The van der Waals surface area contributed by atoms with Crippen LogP contribution in [0.15, 0.2) is 47.4 Å². The van der Waals surface area contributed by atoms with Crippen LogP contribution in [0.4, 0.5) is 0 Å². The molecule has 0 aliphatic carbocycles. The maximum absolute atomic E-state index is 13.0. The zero-order valence-corrected chi connectivity index (χ0v) is 16.9. The van der Waals surface area contributed by atoms with Crippen molar-refractivity contribution < 1.29 is 17.9 Å². The van der Waals surface area contributed by atoms with E-state index in [0.29, 0.717) is 37.5 Å². The molecular formula is C21H24N2O4S. The summed E-state index contributed by atoms with van der Waals surface area (Å²) in [6.07, 6.45) is 0.0516. The van der Waals surface area contributed by atoms with E-state index >= 15 is 0 Å². The summed E-state index contributed by atoms with van der Waals surface area (Å²) >= 11 is 0. The lowest BCUT2D eigenvalue weighted by Crippen LogP contribution is -2.53. The smallest absolute Gasteiger partial charge is 0.264 e. The molecule has 148 valence electrons. The van der Waals surface area contributed by atoms with Crippen molar-refractivity contribution >= 4 is 15.9 Å². The van der Waals surface area contributed by atoms with Crippen LogP contribution in [-0.2, 0) is 21.2 Å². The van der Waals surface area contributed by atoms with E-state index < -0.39 is 16.1 Å². The standard InChI is InChI=1S/C21H24N2O4S/c1-15-7-8-20(16(2)13-15)28(25,26)23-11-9-22(10-12-23)21(24)19-14-17-5-3-4-6-18(17)27-19/h3-8,13,19H,9-12,14H2,1-2H3/t19-/m1/s1. The van der Waals surface area contributed by atoms with Gasteiger partial charge in [0.1, 0.15) is 5.75 Å². The van der Waals surface area contributed by atoms with Gasteiger partial charge >= 0.3 is 0 Å². The normalized spacial score (nSPS) is 19.9. The largest absolute Gasteiger partial charge is 0.480 e. The quantitative estimate of drug-likeness (QED) is 0.792. The summed E-state index contributed by atoms with van der Waals surface area (Å²) in [4.78, 5) is 14.9. The van der Waals surface area contributed by atoms with Crippen molar-refractivity contribution in [1.29, 1.82) is 0 Å². The molecule has 2 aliphatic heterocycles. The molecule has 1 fully saturated rings. The predicted octanol–water partition coefficient (Wildman–Crippen LogP) is 2.14. The number of fused-ring (bicyclic) bond motifs is 1. The lowest BCUT2D eigenvalue weighted by molar-refractivity contribution is -0.139. The van der Waals surface area contributed by atoms with Crippen LogP contribution in [0.1, 0.15) is 16.7 Å². The Kier molecular flexibility index (Phi) is 4.89. The van der Waals surface area contributed by atoms with Crippen LogP contribution in [0, 0.1) is 13.8 Å². The van der Waals surface area contributed by atoms with Crippen molar-refractivity contribution in [3.05, 3.63) is 59.2 Å². The lowest BCUT2D eigenvalue weighted by Gasteiger charge is -2.35. The number of ether oxygens (including phenoxy) is 1. The van der Waals surface area contributed by atoms with Crippen LogP contribution in [-0.4, -0.2) is 55.8 Å². The molecule has 28 heavy (non-hydrogen) atoms. The molecule has 0 radical (unpaired) electrons. The first kappa shape index (κ1) is 19.0. The molecule has 1 amide bonds. The van der Waals surface area contributed by atoms with Gasteiger partial charge in [0.25, 0.3) is 5.91 Å². The van der Waals surface area contributed by atoms with E-state index in [1.54, 1.807) is 11.0 Å². The predicted molar refractivity (Wildman–Crippen MR) is 106 cm³/mol. The Morgan fingerprint density at radius 3 is 2.43 bits per heavy atom. The number of sulfonamides is 1. The molecule has 0 aromatic heterocycles. The molecule has 6 nitrogen and oxygen atoms in total. The van der Waals surface area contributed by atoms with Crippen molar-refractivity contribution in [2.75, 3.05) is 26.2 Å².